The first-order valence-corrected chi connectivity index (χ1v) is 8.32. The van der Waals surface area contributed by atoms with E-state index >= 15 is 0 Å². The lowest BCUT2D eigenvalue weighted by molar-refractivity contribution is -0.136. The zero-order valence-electron chi connectivity index (χ0n) is 15.1. The molecule has 24 heavy (non-hydrogen) atoms. The summed E-state index contributed by atoms with van der Waals surface area (Å²) in [4.78, 5) is 43.9. The molecule has 1 spiro atoms. The van der Waals surface area contributed by atoms with E-state index in [0.29, 0.717) is 45.7 Å². The van der Waals surface area contributed by atoms with Crippen molar-refractivity contribution in [3.63, 3.8) is 0 Å². The van der Waals surface area contributed by atoms with Crippen LogP contribution in [0.4, 0.5) is 4.79 Å². The Kier molecular flexibility index (Phi) is 5.69. The van der Waals surface area contributed by atoms with E-state index < -0.39 is 5.41 Å². The summed E-state index contributed by atoms with van der Waals surface area (Å²) < 4.78 is 4.97. The van der Waals surface area contributed by atoms with Crippen LogP contribution in [0.2, 0.25) is 0 Å². The quantitative estimate of drug-likeness (QED) is 0.707. The Balaban J connectivity index is 2.26. The molecule has 0 aromatic heterocycles. The standard InChI is InChI=1S/C16H28N4O4/c1-5-18-10-16(8-13(18)21)11-19(14(22)9-24-4)6-7-20(12-16)15(23)17(2)3/h5-12H2,1-4H3/t16-/m0/s1. The summed E-state index contributed by atoms with van der Waals surface area (Å²) >= 11 is 0. The maximum absolute atomic E-state index is 12.5. The number of amides is 4. The Labute approximate surface area is 143 Å². The van der Waals surface area contributed by atoms with Crippen LogP contribution in [0.1, 0.15) is 13.3 Å². The molecule has 1 atom stereocenters. The first-order chi connectivity index (χ1) is 11.3. The number of carbonyl (C=O) groups is 3. The van der Waals surface area contributed by atoms with Crippen molar-refractivity contribution in [3.8, 4) is 0 Å². The summed E-state index contributed by atoms with van der Waals surface area (Å²) in [7, 11) is 4.92. The highest BCUT2D eigenvalue weighted by atomic mass is 16.5. The molecule has 0 aromatic carbocycles. The fourth-order valence-corrected chi connectivity index (χ4v) is 3.61. The lowest BCUT2D eigenvalue weighted by Crippen LogP contribution is -2.47. The highest BCUT2D eigenvalue weighted by Crippen LogP contribution is 2.35. The second kappa shape index (κ2) is 7.38. The molecule has 0 unspecified atom stereocenters. The highest BCUT2D eigenvalue weighted by molar-refractivity contribution is 5.81. The van der Waals surface area contributed by atoms with Crippen LogP contribution in [-0.4, -0.2) is 105 Å². The third-order valence-corrected chi connectivity index (χ3v) is 4.75. The second-order valence-corrected chi connectivity index (χ2v) is 6.93. The monoisotopic (exact) mass is 340 g/mol. The van der Waals surface area contributed by atoms with Crippen LogP contribution in [0.5, 0.6) is 0 Å². The van der Waals surface area contributed by atoms with E-state index in [1.165, 1.54) is 12.0 Å². The molecule has 0 bridgehead atoms. The Morgan fingerprint density at radius 3 is 2.33 bits per heavy atom. The van der Waals surface area contributed by atoms with Crippen molar-refractivity contribution in [1.29, 1.82) is 0 Å². The van der Waals surface area contributed by atoms with Gasteiger partial charge >= 0.3 is 6.03 Å². The summed E-state index contributed by atoms with van der Waals surface area (Å²) in [5.74, 6) is -0.00535. The SMILES string of the molecule is CCN1C[C@@]2(CC1=O)CN(C(=O)COC)CCN(C(=O)N(C)C)C2. The molecule has 8 heteroatoms. The van der Waals surface area contributed by atoms with Gasteiger partial charge in [0.15, 0.2) is 0 Å². The molecule has 0 N–H and O–H groups in total. The first kappa shape index (κ1) is 18.5. The summed E-state index contributed by atoms with van der Waals surface area (Å²) in [6.07, 6.45) is 0.370. The van der Waals surface area contributed by atoms with Gasteiger partial charge in [0.1, 0.15) is 6.61 Å². The predicted octanol–water partition coefficient (Wildman–Crippen LogP) is -0.303. The van der Waals surface area contributed by atoms with Gasteiger partial charge in [0.05, 0.1) is 0 Å². The minimum atomic E-state index is -0.404. The van der Waals surface area contributed by atoms with Crippen LogP contribution in [-0.2, 0) is 14.3 Å². The van der Waals surface area contributed by atoms with E-state index in [0.717, 1.165) is 0 Å². The second-order valence-electron chi connectivity index (χ2n) is 6.93. The molecule has 2 fully saturated rings. The maximum Gasteiger partial charge on any atom is 0.319 e. The van der Waals surface area contributed by atoms with Crippen molar-refractivity contribution >= 4 is 17.8 Å². The molecule has 2 heterocycles. The highest BCUT2D eigenvalue weighted by Gasteiger charge is 2.47. The number of nitrogens with zero attached hydrogens (tertiary/aromatic N) is 4. The van der Waals surface area contributed by atoms with E-state index in [1.54, 1.807) is 23.9 Å². The van der Waals surface area contributed by atoms with Crippen LogP contribution in [0, 0.1) is 5.41 Å². The average Bonchev–Trinajstić information content (AvgIpc) is 2.72. The van der Waals surface area contributed by atoms with Crippen molar-refractivity contribution in [1.82, 2.24) is 19.6 Å². The van der Waals surface area contributed by atoms with Crippen LogP contribution in [0.3, 0.4) is 0 Å². The first-order valence-electron chi connectivity index (χ1n) is 8.32. The van der Waals surface area contributed by atoms with E-state index in [-0.39, 0.29) is 24.5 Å². The molecule has 2 aliphatic heterocycles. The van der Waals surface area contributed by atoms with Gasteiger partial charge < -0.3 is 24.3 Å². The summed E-state index contributed by atoms with van der Waals surface area (Å²) in [6.45, 7) is 5.09. The van der Waals surface area contributed by atoms with Crippen LogP contribution in [0.25, 0.3) is 0 Å². The number of hydrogen-bond donors (Lipinski definition) is 0. The molecule has 0 aromatic rings. The van der Waals surface area contributed by atoms with Crippen molar-refractivity contribution in [2.24, 2.45) is 5.41 Å². The fraction of sp³-hybridized carbons (Fsp3) is 0.812. The third kappa shape index (κ3) is 3.80. The number of carbonyl (C=O) groups excluding carboxylic acids is 3. The van der Waals surface area contributed by atoms with E-state index in [1.807, 2.05) is 11.8 Å². The number of hydrogen-bond acceptors (Lipinski definition) is 4. The zero-order chi connectivity index (χ0) is 17.9. The number of ether oxygens (including phenoxy) is 1. The van der Waals surface area contributed by atoms with Crippen molar-refractivity contribution in [3.05, 3.63) is 0 Å². The molecule has 2 saturated heterocycles. The van der Waals surface area contributed by atoms with Gasteiger partial charge in [-0.15, -0.1) is 0 Å². The largest absolute Gasteiger partial charge is 0.375 e. The van der Waals surface area contributed by atoms with Crippen molar-refractivity contribution in [2.75, 3.05) is 67.1 Å². The normalized spacial score (nSPS) is 24.5. The van der Waals surface area contributed by atoms with Crippen molar-refractivity contribution in [2.45, 2.75) is 13.3 Å². The van der Waals surface area contributed by atoms with Gasteiger partial charge in [0, 0.05) is 72.3 Å². The lowest BCUT2D eigenvalue weighted by atomic mass is 9.86. The molecular weight excluding hydrogens is 312 g/mol. The van der Waals surface area contributed by atoms with Gasteiger partial charge in [-0.25, -0.2) is 4.79 Å². The number of rotatable bonds is 3. The number of urea groups is 1. The van der Waals surface area contributed by atoms with Gasteiger partial charge in [0.25, 0.3) is 0 Å². The molecule has 4 amide bonds. The molecule has 2 aliphatic rings. The van der Waals surface area contributed by atoms with E-state index in [9.17, 15) is 14.4 Å². The smallest absolute Gasteiger partial charge is 0.319 e. The Bertz CT molecular complexity index is 510. The van der Waals surface area contributed by atoms with E-state index in [4.69, 9.17) is 4.74 Å². The van der Waals surface area contributed by atoms with Gasteiger partial charge in [0.2, 0.25) is 11.8 Å². The molecule has 0 aliphatic carbocycles. The summed E-state index contributed by atoms with van der Waals surface area (Å²) in [6, 6.07) is -0.0854. The van der Waals surface area contributed by atoms with Crippen LogP contribution in [0.15, 0.2) is 0 Å². The third-order valence-electron chi connectivity index (χ3n) is 4.75. The zero-order valence-corrected chi connectivity index (χ0v) is 15.1. The molecule has 2 rings (SSSR count). The van der Waals surface area contributed by atoms with E-state index in [2.05, 4.69) is 0 Å². The minimum absolute atomic E-state index is 0.0170. The topological polar surface area (TPSA) is 73.4 Å². The Hall–Kier alpha value is -1.83. The molecular formula is C16H28N4O4. The molecule has 8 nitrogen and oxygen atoms in total. The Morgan fingerprint density at radius 2 is 1.79 bits per heavy atom. The number of likely N-dealkylation sites (tertiary alicyclic amines) is 1. The predicted molar refractivity (Wildman–Crippen MR) is 88.4 cm³/mol. The summed E-state index contributed by atoms with van der Waals surface area (Å²) in [5.41, 5.74) is -0.404. The average molecular weight is 340 g/mol. The Morgan fingerprint density at radius 1 is 1.17 bits per heavy atom. The van der Waals surface area contributed by atoms with Crippen LogP contribution < -0.4 is 0 Å². The molecule has 0 radical (unpaired) electrons. The number of methoxy groups -OCH3 is 1. The van der Waals surface area contributed by atoms with Gasteiger partial charge in [-0.05, 0) is 6.92 Å². The molecule has 0 saturated carbocycles. The van der Waals surface area contributed by atoms with Crippen molar-refractivity contribution < 1.29 is 19.1 Å². The van der Waals surface area contributed by atoms with Gasteiger partial charge in [-0.1, -0.05) is 0 Å². The summed E-state index contributed by atoms with van der Waals surface area (Å²) in [5, 5.41) is 0. The minimum Gasteiger partial charge on any atom is -0.375 e. The molecule has 136 valence electrons. The lowest BCUT2D eigenvalue weighted by Gasteiger charge is -2.34. The fourth-order valence-electron chi connectivity index (χ4n) is 3.61. The maximum atomic E-state index is 12.5. The van der Waals surface area contributed by atoms with Crippen LogP contribution >= 0.6 is 0 Å². The van der Waals surface area contributed by atoms with Gasteiger partial charge in [-0.2, -0.15) is 0 Å². The van der Waals surface area contributed by atoms with Gasteiger partial charge in [-0.3, -0.25) is 9.59 Å².